The topological polar surface area (TPSA) is 78.4 Å². The van der Waals surface area contributed by atoms with Crippen LogP contribution in [0.25, 0.3) is 6.08 Å². The van der Waals surface area contributed by atoms with Crippen molar-refractivity contribution in [2.45, 2.75) is 32.1 Å². The molecule has 0 aromatic heterocycles. The van der Waals surface area contributed by atoms with E-state index in [1.807, 2.05) is 0 Å². The predicted molar refractivity (Wildman–Crippen MR) is 94.1 cm³/mol. The Morgan fingerprint density at radius 3 is 2.65 bits per heavy atom. The maximum absolute atomic E-state index is 12.1. The summed E-state index contributed by atoms with van der Waals surface area (Å²) in [4.78, 5) is 22.7. The van der Waals surface area contributed by atoms with Gasteiger partial charge in [0.25, 0.3) is 0 Å². The van der Waals surface area contributed by atoms with Crippen molar-refractivity contribution in [1.29, 1.82) is 0 Å². The van der Waals surface area contributed by atoms with E-state index in [9.17, 15) is 9.59 Å². The van der Waals surface area contributed by atoms with Crippen molar-refractivity contribution >= 4 is 41.0 Å². The van der Waals surface area contributed by atoms with Gasteiger partial charge in [-0.3, -0.25) is 4.79 Å². The van der Waals surface area contributed by atoms with E-state index < -0.39 is 5.97 Å². The van der Waals surface area contributed by atoms with E-state index in [1.165, 1.54) is 12.5 Å². The van der Waals surface area contributed by atoms with Gasteiger partial charge >= 0.3 is 5.97 Å². The lowest BCUT2D eigenvalue weighted by Gasteiger charge is -2.21. The number of aliphatic carboxylic acids is 1. The van der Waals surface area contributed by atoms with E-state index in [2.05, 4.69) is 10.6 Å². The molecule has 1 aromatic rings. The van der Waals surface area contributed by atoms with Crippen LogP contribution in [0.1, 0.15) is 37.7 Å². The second-order valence-corrected chi connectivity index (χ2v) is 5.98. The minimum atomic E-state index is -1.00. The van der Waals surface area contributed by atoms with Crippen LogP contribution >= 0.6 is 12.2 Å². The summed E-state index contributed by atoms with van der Waals surface area (Å²) in [5, 5.41) is 14.6. The molecule has 1 saturated carbocycles. The number of anilines is 1. The van der Waals surface area contributed by atoms with Crippen LogP contribution in [0, 0.1) is 5.92 Å². The Bertz CT molecular complexity index is 622. The number of hydrogen-bond donors (Lipinski definition) is 3. The largest absolute Gasteiger partial charge is 0.478 e. The van der Waals surface area contributed by atoms with E-state index in [0.29, 0.717) is 5.69 Å². The predicted octanol–water partition coefficient (Wildman–Crippen LogP) is 3.18. The van der Waals surface area contributed by atoms with Gasteiger partial charge in [0, 0.05) is 17.7 Å². The second-order valence-electron chi connectivity index (χ2n) is 5.58. The monoisotopic (exact) mass is 332 g/mol. The molecular formula is C17H20N2O3S. The number of thiocarbonyl (C=S) groups is 1. The molecule has 0 spiro atoms. The van der Waals surface area contributed by atoms with Crippen LogP contribution in [-0.4, -0.2) is 22.1 Å². The third kappa shape index (κ3) is 5.83. The molecular weight excluding hydrogens is 312 g/mol. The summed E-state index contributed by atoms with van der Waals surface area (Å²) in [6.07, 6.45) is 7.79. The molecule has 0 saturated heterocycles. The average Bonchev–Trinajstić information content (AvgIpc) is 2.54. The minimum Gasteiger partial charge on any atom is -0.478 e. The third-order valence-corrected chi connectivity index (χ3v) is 3.98. The number of hydrogen-bond acceptors (Lipinski definition) is 3. The summed E-state index contributed by atoms with van der Waals surface area (Å²) < 4.78 is 0. The van der Waals surface area contributed by atoms with Gasteiger partial charge < -0.3 is 15.7 Å². The molecule has 0 heterocycles. The van der Waals surface area contributed by atoms with Crippen molar-refractivity contribution in [2.24, 2.45) is 5.92 Å². The van der Waals surface area contributed by atoms with Crippen molar-refractivity contribution in [3.8, 4) is 0 Å². The first-order valence-electron chi connectivity index (χ1n) is 7.67. The SMILES string of the molecule is O=C(O)/C=C/c1cccc(NC(=S)NC(=O)C2CCCCC2)c1. The zero-order valence-corrected chi connectivity index (χ0v) is 13.6. The molecule has 0 aliphatic heterocycles. The molecule has 0 atom stereocenters. The highest BCUT2D eigenvalue weighted by Gasteiger charge is 2.21. The Balaban J connectivity index is 1.90. The summed E-state index contributed by atoms with van der Waals surface area (Å²) in [6.45, 7) is 0. The van der Waals surface area contributed by atoms with Gasteiger partial charge in [-0.25, -0.2) is 4.79 Å². The minimum absolute atomic E-state index is 0.0240. The lowest BCUT2D eigenvalue weighted by molar-refractivity contribution is -0.131. The number of carbonyl (C=O) groups is 2. The molecule has 23 heavy (non-hydrogen) atoms. The van der Waals surface area contributed by atoms with Crippen LogP contribution < -0.4 is 10.6 Å². The number of amides is 1. The molecule has 0 radical (unpaired) electrons. The van der Waals surface area contributed by atoms with Gasteiger partial charge in [0.05, 0.1) is 0 Å². The zero-order chi connectivity index (χ0) is 16.7. The molecule has 1 aliphatic carbocycles. The molecule has 2 rings (SSSR count). The molecule has 1 aromatic carbocycles. The molecule has 0 bridgehead atoms. The van der Waals surface area contributed by atoms with Crippen LogP contribution in [0.2, 0.25) is 0 Å². The first-order chi connectivity index (χ1) is 11.0. The Kier molecular flexibility index (Phi) is 6.29. The summed E-state index contributed by atoms with van der Waals surface area (Å²) in [7, 11) is 0. The first-order valence-corrected chi connectivity index (χ1v) is 8.08. The standard InChI is InChI=1S/C17H20N2O3S/c20-15(21)10-9-12-5-4-8-14(11-12)18-17(23)19-16(22)13-6-2-1-3-7-13/h4-5,8-11,13H,1-3,6-7H2,(H,20,21)(H2,18,19,22,23)/b10-9+. The number of carboxylic acid groups (broad SMARTS) is 1. The van der Waals surface area contributed by atoms with Crippen molar-refractivity contribution < 1.29 is 14.7 Å². The van der Waals surface area contributed by atoms with Gasteiger partial charge in [-0.15, -0.1) is 0 Å². The van der Waals surface area contributed by atoms with E-state index in [-0.39, 0.29) is 16.9 Å². The Morgan fingerprint density at radius 1 is 1.22 bits per heavy atom. The van der Waals surface area contributed by atoms with Crippen LogP contribution in [0.15, 0.2) is 30.3 Å². The molecule has 0 unspecified atom stereocenters. The summed E-state index contributed by atoms with van der Waals surface area (Å²) in [5.74, 6) is -0.976. The van der Waals surface area contributed by atoms with Crippen LogP contribution in [0.5, 0.6) is 0 Å². The first kappa shape index (κ1) is 17.1. The maximum Gasteiger partial charge on any atom is 0.328 e. The van der Waals surface area contributed by atoms with Gasteiger partial charge in [0.1, 0.15) is 0 Å². The number of carboxylic acids is 1. The molecule has 6 heteroatoms. The normalized spacial score (nSPS) is 15.3. The van der Waals surface area contributed by atoms with E-state index in [1.54, 1.807) is 24.3 Å². The number of nitrogens with one attached hydrogen (secondary N) is 2. The fourth-order valence-electron chi connectivity index (χ4n) is 2.63. The molecule has 1 amide bonds. The number of carbonyl (C=O) groups excluding carboxylic acids is 1. The summed E-state index contributed by atoms with van der Waals surface area (Å²) in [6, 6.07) is 7.14. The van der Waals surface area contributed by atoms with Gasteiger partial charge in [-0.1, -0.05) is 31.4 Å². The quantitative estimate of drug-likeness (QED) is 0.583. The lowest BCUT2D eigenvalue weighted by atomic mass is 9.89. The van der Waals surface area contributed by atoms with Crippen molar-refractivity contribution in [3.63, 3.8) is 0 Å². The van der Waals surface area contributed by atoms with Gasteiger partial charge in [-0.05, 0) is 48.8 Å². The highest BCUT2D eigenvalue weighted by atomic mass is 32.1. The average molecular weight is 332 g/mol. The van der Waals surface area contributed by atoms with Crippen LogP contribution in [0.3, 0.4) is 0 Å². The molecule has 1 aliphatic rings. The Morgan fingerprint density at radius 2 is 1.96 bits per heavy atom. The molecule has 1 fully saturated rings. The molecule has 122 valence electrons. The van der Waals surface area contributed by atoms with Crippen molar-refractivity contribution in [1.82, 2.24) is 5.32 Å². The zero-order valence-electron chi connectivity index (χ0n) is 12.7. The fraction of sp³-hybridized carbons (Fsp3) is 0.353. The Labute approximate surface area is 140 Å². The van der Waals surface area contributed by atoms with Crippen molar-refractivity contribution in [2.75, 3.05) is 5.32 Å². The summed E-state index contributed by atoms with van der Waals surface area (Å²) >= 11 is 5.18. The van der Waals surface area contributed by atoms with E-state index >= 15 is 0 Å². The fourth-order valence-corrected chi connectivity index (χ4v) is 2.85. The smallest absolute Gasteiger partial charge is 0.328 e. The van der Waals surface area contributed by atoms with Gasteiger partial charge in [0.15, 0.2) is 5.11 Å². The number of rotatable bonds is 4. The molecule has 5 nitrogen and oxygen atoms in total. The van der Waals surface area contributed by atoms with Gasteiger partial charge in [0.2, 0.25) is 5.91 Å². The van der Waals surface area contributed by atoms with Crippen LogP contribution in [-0.2, 0) is 9.59 Å². The Hall–Kier alpha value is -2.21. The highest BCUT2D eigenvalue weighted by Crippen LogP contribution is 2.23. The lowest BCUT2D eigenvalue weighted by Crippen LogP contribution is -2.38. The molecule has 3 N–H and O–H groups in total. The van der Waals surface area contributed by atoms with Crippen molar-refractivity contribution in [3.05, 3.63) is 35.9 Å². The third-order valence-electron chi connectivity index (χ3n) is 3.78. The maximum atomic E-state index is 12.1. The van der Waals surface area contributed by atoms with E-state index in [4.69, 9.17) is 17.3 Å². The van der Waals surface area contributed by atoms with E-state index in [0.717, 1.165) is 37.3 Å². The van der Waals surface area contributed by atoms with Gasteiger partial charge in [-0.2, -0.15) is 0 Å². The summed E-state index contributed by atoms with van der Waals surface area (Å²) in [5.41, 5.74) is 1.44. The van der Waals surface area contributed by atoms with Crippen LogP contribution in [0.4, 0.5) is 5.69 Å². The number of benzene rings is 1. The second kappa shape index (κ2) is 8.43. The highest BCUT2D eigenvalue weighted by molar-refractivity contribution is 7.80.